The first kappa shape index (κ1) is 19.2. The van der Waals surface area contributed by atoms with Crippen molar-refractivity contribution in [2.75, 3.05) is 20.2 Å². The third-order valence-corrected chi connectivity index (χ3v) is 5.42. The molecule has 1 saturated heterocycles. The average molecular weight is 373 g/mol. The standard InChI is InChI=1S/C20H27N3O4/c1-14-5-6-16(27-2)15(13-14)7-11-21-17(24)8-12-23-18(25)20(22-19(23)26)9-3-4-10-20/h5-6,13H,3-4,7-12H2,1-2H3,(H,21,24)(H,22,26). The van der Waals surface area contributed by atoms with Gasteiger partial charge in [-0.3, -0.25) is 14.5 Å². The van der Waals surface area contributed by atoms with E-state index in [0.717, 1.165) is 29.7 Å². The molecular weight excluding hydrogens is 346 g/mol. The van der Waals surface area contributed by atoms with Crippen LogP contribution in [0.25, 0.3) is 0 Å². The molecule has 4 amide bonds. The highest BCUT2D eigenvalue weighted by Crippen LogP contribution is 2.35. The molecule has 1 aromatic carbocycles. The normalized spacial score (nSPS) is 18.1. The van der Waals surface area contributed by atoms with Crippen molar-refractivity contribution in [3.8, 4) is 5.75 Å². The van der Waals surface area contributed by atoms with E-state index in [2.05, 4.69) is 10.6 Å². The number of benzene rings is 1. The van der Waals surface area contributed by atoms with Crippen LogP contribution in [0.1, 0.15) is 43.2 Å². The van der Waals surface area contributed by atoms with E-state index in [9.17, 15) is 14.4 Å². The Kier molecular flexibility index (Phi) is 5.68. The van der Waals surface area contributed by atoms with Gasteiger partial charge in [0.05, 0.1) is 7.11 Å². The molecule has 7 heteroatoms. The van der Waals surface area contributed by atoms with E-state index in [4.69, 9.17) is 4.74 Å². The van der Waals surface area contributed by atoms with E-state index in [1.54, 1.807) is 7.11 Å². The fourth-order valence-electron chi connectivity index (χ4n) is 3.94. The average Bonchev–Trinajstić information content (AvgIpc) is 3.19. The molecule has 0 radical (unpaired) electrons. The van der Waals surface area contributed by atoms with Gasteiger partial charge in [-0.1, -0.05) is 30.5 Å². The fourth-order valence-corrected chi connectivity index (χ4v) is 3.94. The van der Waals surface area contributed by atoms with E-state index < -0.39 is 5.54 Å². The van der Waals surface area contributed by atoms with Gasteiger partial charge in [0.15, 0.2) is 0 Å². The lowest BCUT2D eigenvalue weighted by Crippen LogP contribution is -2.44. The minimum absolute atomic E-state index is 0.111. The predicted molar refractivity (Wildman–Crippen MR) is 101 cm³/mol. The largest absolute Gasteiger partial charge is 0.496 e. The van der Waals surface area contributed by atoms with E-state index in [0.29, 0.717) is 25.8 Å². The molecule has 0 aromatic heterocycles. The lowest BCUT2D eigenvalue weighted by atomic mass is 9.98. The molecule has 2 N–H and O–H groups in total. The third-order valence-electron chi connectivity index (χ3n) is 5.42. The summed E-state index contributed by atoms with van der Waals surface area (Å²) >= 11 is 0. The van der Waals surface area contributed by atoms with Crippen molar-refractivity contribution in [3.05, 3.63) is 29.3 Å². The number of imide groups is 1. The molecule has 1 aliphatic heterocycles. The number of aryl methyl sites for hydroxylation is 1. The van der Waals surface area contributed by atoms with Crippen LogP contribution in [0.2, 0.25) is 0 Å². The minimum atomic E-state index is -0.713. The molecule has 1 aliphatic carbocycles. The van der Waals surface area contributed by atoms with Crippen molar-refractivity contribution in [2.45, 2.75) is 51.0 Å². The van der Waals surface area contributed by atoms with Gasteiger partial charge in [0.25, 0.3) is 5.91 Å². The fraction of sp³-hybridized carbons (Fsp3) is 0.550. The van der Waals surface area contributed by atoms with Crippen LogP contribution in [-0.2, 0) is 16.0 Å². The highest BCUT2D eigenvalue weighted by Gasteiger charge is 2.52. The molecule has 1 aromatic rings. The van der Waals surface area contributed by atoms with Crippen LogP contribution in [0, 0.1) is 6.92 Å². The third kappa shape index (κ3) is 4.07. The number of hydrogen-bond acceptors (Lipinski definition) is 4. The summed E-state index contributed by atoms with van der Waals surface area (Å²) in [5.74, 6) is 0.452. The van der Waals surface area contributed by atoms with Crippen LogP contribution in [0.3, 0.4) is 0 Å². The van der Waals surface area contributed by atoms with Gasteiger partial charge in [0.1, 0.15) is 11.3 Å². The number of rotatable bonds is 7. The van der Waals surface area contributed by atoms with Gasteiger partial charge >= 0.3 is 6.03 Å². The van der Waals surface area contributed by atoms with Crippen LogP contribution < -0.4 is 15.4 Å². The van der Waals surface area contributed by atoms with Crippen molar-refractivity contribution in [2.24, 2.45) is 0 Å². The number of hydrogen-bond donors (Lipinski definition) is 2. The molecule has 1 heterocycles. The van der Waals surface area contributed by atoms with Crippen LogP contribution in [-0.4, -0.2) is 48.5 Å². The zero-order chi connectivity index (χ0) is 19.4. The second-order valence-electron chi connectivity index (χ2n) is 7.34. The smallest absolute Gasteiger partial charge is 0.325 e. The van der Waals surface area contributed by atoms with E-state index in [1.807, 2.05) is 25.1 Å². The number of carbonyl (C=O) groups is 3. The lowest BCUT2D eigenvalue weighted by molar-refractivity contribution is -0.131. The molecule has 0 unspecified atom stereocenters. The molecule has 0 atom stereocenters. The van der Waals surface area contributed by atoms with Crippen molar-refractivity contribution in [1.29, 1.82) is 0 Å². The monoisotopic (exact) mass is 373 g/mol. The summed E-state index contributed by atoms with van der Waals surface area (Å²) in [5.41, 5.74) is 1.46. The lowest BCUT2D eigenvalue weighted by Gasteiger charge is -2.19. The number of nitrogens with zero attached hydrogens (tertiary/aromatic N) is 1. The van der Waals surface area contributed by atoms with Gasteiger partial charge in [-0.2, -0.15) is 0 Å². The Balaban J connectivity index is 1.46. The van der Waals surface area contributed by atoms with Crippen molar-refractivity contribution < 1.29 is 19.1 Å². The molecule has 1 saturated carbocycles. The minimum Gasteiger partial charge on any atom is -0.496 e. The highest BCUT2D eigenvalue weighted by molar-refractivity contribution is 6.07. The Morgan fingerprint density at radius 2 is 2.04 bits per heavy atom. The number of methoxy groups -OCH3 is 1. The molecule has 1 spiro atoms. The maximum absolute atomic E-state index is 12.6. The summed E-state index contributed by atoms with van der Waals surface area (Å²) in [7, 11) is 1.63. The van der Waals surface area contributed by atoms with Crippen LogP contribution in [0.15, 0.2) is 18.2 Å². The van der Waals surface area contributed by atoms with E-state index >= 15 is 0 Å². The SMILES string of the molecule is COc1ccc(C)cc1CCNC(=O)CCN1C(=O)NC2(CCCC2)C1=O. The topological polar surface area (TPSA) is 87.7 Å². The molecule has 2 aliphatic rings. The first-order valence-electron chi connectivity index (χ1n) is 9.49. The van der Waals surface area contributed by atoms with E-state index in [-0.39, 0.29) is 30.8 Å². The maximum Gasteiger partial charge on any atom is 0.325 e. The van der Waals surface area contributed by atoms with Gasteiger partial charge in [-0.15, -0.1) is 0 Å². The summed E-state index contributed by atoms with van der Waals surface area (Å²) in [6.45, 7) is 2.60. The molecule has 2 fully saturated rings. The van der Waals surface area contributed by atoms with Crippen molar-refractivity contribution in [3.63, 3.8) is 0 Å². The predicted octanol–water partition coefficient (Wildman–Crippen LogP) is 1.92. The summed E-state index contributed by atoms with van der Waals surface area (Å²) in [5, 5.41) is 5.68. The Morgan fingerprint density at radius 3 is 2.74 bits per heavy atom. The number of ether oxygens (including phenoxy) is 1. The van der Waals surface area contributed by atoms with Crippen LogP contribution in [0.4, 0.5) is 4.79 Å². The van der Waals surface area contributed by atoms with E-state index in [1.165, 1.54) is 4.90 Å². The highest BCUT2D eigenvalue weighted by atomic mass is 16.5. The zero-order valence-corrected chi connectivity index (χ0v) is 16.0. The summed E-state index contributed by atoms with van der Waals surface area (Å²) in [6, 6.07) is 5.57. The van der Waals surface area contributed by atoms with Crippen LogP contribution in [0.5, 0.6) is 5.75 Å². The number of carbonyl (C=O) groups excluding carboxylic acids is 3. The Bertz CT molecular complexity index is 741. The molecular formula is C20H27N3O4. The Hall–Kier alpha value is -2.57. The second-order valence-corrected chi connectivity index (χ2v) is 7.34. The molecule has 27 heavy (non-hydrogen) atoms. The summed E-state index contributed by atoms with van der Waals surface area (Å²) in [4.78, 5) is 38.0. The summed E-state index contributed by atoms with van der Waals surface area (Å²) in [6.07, 6.45) is 4.05. The molecule has 146 valence electrons. The number of urea groups is 1. The number of amides is 4. The van der Waals surface area contributed by atoms with Gasteiger partial charge in [-0.05, 0) is 37.8 Å². The van der Waals surface area contributed by atoms with Gasteiger partial charge in [-0.25, -0.2) is 4.79 Å². The van der Waals surface area contributed by atoms with Gasteiger partial charge < -0.3 is 15.4 Å². The van der Waals surface area contributed by atoms with Gasteiger partial charge in [0.2, 0.25) is 5.91 Å². The molecule has 0 bridgehead atoms. The van der Waals surface area contributed by atoms with Crippen molar-refractivity contribution in [1.82, 2.24) is 15.5 Å². The molecule has 3 rings (SSSR count). The van der Waals surface area contributed by atoms with Gasteiger partial charge in [0, 0.05) is 19.5 Å². The van der Waals surface area contributed by atoms with Crippen LogP contribution >= 0.6 is 0 Å². The van der Waals surface area contributed by atoms with Crippen molar-refractivity contribution >= 4 is 17.8 Å². The molecule has 7 nitrogen and oxygen atoms in total. The first-order valence-corrected chi connectivity index (χ1v) is 9.49. The quantitative estimate of drug-likeness (QED) is 0.715. The Morgan fingerprint density at radius 1 is 1.30 bits per heavy atom. The Labute approximate surface area is 159 Å². The first-order chi connectivity index (χ1) is 12.9. The zero-order valence-electron chi connectivity index (χ0n) is 16.0. The maximum atomic E-state index is 12.6. The summed E-state index contributed by atoms with van der Waals surface area (Å²) < 4.78 is 5.34. The number of nitrogens with one attached hydrogen (secondary N) is 2. The second kappa shape index (κ2) is 7.98.